The molecule has 1 N–H and O–H groups in total. The van der Waals surface area contributed by atoms with Crippen LogP contribution in [-0.4, -0.2) is 36.5 Å². The minimum absolute atomic E-state index is 0. The lowest BCUT2D eigenvalue weighted by Gasteiger charge is -2.37. The molecule has 0 aromatic carbocycles. The maximum Gasteiger partial charge on any atom is 0.226 e. The molecule has 2 heterocycles. The van der Waals surface area contributed by atoms with Crippen molar-refractivity contribution in [2.24, 2.45) is 5.92 Å². The van der Waals surface area contributed by atoms with Gasteiger partial charge in [0.1, 0.15) is 0 Å². The smallest absolute Gasteiger partial charge is 0.226 e. The van der Waals surface area contributed by atoms with Gasteiger partial charge >= 0.3 is 0 Å². The third-order valence-electron chi connectivity index (χ3n) is 3.77. The molecular formula is C12H23ClN2O. The Hall–Kier alpha value is -0.280. The first-order valence-electron chi connectivity index (χ1n) is 6.30. The average molecular weight is 247 g/mol. The number of hydrogen-bond donors (Lipinski definition) is 1. The van der Waals surface area contributed by atoms with Crippen LogP contribution in [0.1, 0.15) is 39.0 Å². The summed E-state index contributed by atoms with van der Waals surface area (Å²) >= 11 is 0. The monoisotopic (exact) mass is 246 g/mol. The van der Waals surface area contributed by atoms with Crippen molar-refractivity contribution in [2.75, 3.05) is 19.6 Å². The minimum atomic E-state index is 0. The molecule has 1 amide bonds. The molecule has 2 fully saturated rings. The highest BCUT2D eigenvalue weighted by Crippen LogP contribution is 2.22. The van der Waals surface area contributed by atoms with E-state index in [2.05, 4.69) is 17.1 Å². The van der Waals surface area contributed by atoms with Gasteiger partial charge in [-0.2, -0.15) is 0 Å². The number of rotatable bonds is 1. The van der Waals surface area contributed by atoms with E-state index in [0.29, 0.717) is 17.9 Å². The van der Waals surface area contributed by atoms with Crippen LogP contribution in [0.4, 0.5) is 0 Å². The van der Waals surface area contributed by atoms with E-state index in [-0.39, 0.29) is 12.4 Å². The number of nitrogens with zero attached hydrogens (tertiary/aromatic N) is 1. The van der Waals surface area contributed by atoms with E-state index < -0.39 is 0 Å². The number of carbonyl (C=O) groups excluding carboxylic acids is 1. The summed E-state index contributed by atoms with van der Waals surface area (Å²) in [6, 6.07) is 0.473. The summed E-state index contributed by atoms with van der Waals surface area (Å²) < 4.78 is 0. The van der Waals surface area contributed by atoms with Crippen molar-refractivity contribution < 1.29 is 4.79 Å². The highest BCUT2D eigenvalue weighted by Gasteiger charge is 2.29. The number of amides is 1. The standard InChI is InChI=1S/C12H22N2O.ClH/c1-10-4-2-3-9-14(10)12(15)11-5-7-13-8-6-11;/h10-11,13H,2-9H2,1H3;1H. The van der Waals surface area contributed by atoms with Gasteiger partial charge in [-0.25, -0.2) is 0 Å². The van der Waals surface area contributed by atoms with Crippen molar-refractivity contribution in [3.8, 4) is 0 Å². The predicted molar refractivity (Wildman–Crippen MR) is 67.9 cm³/mol. The summed E-state index contributed by atoms with van der Waals surface area (Å²) in [7, 11) is 0. The van der Waals surface area contributed by atoms with E-state index in [1.807, 2.05) is 0 Å². The van der Waals surface area contributed by atoms with Crippen molar-refractivity contribution in [1.82, 2.24) is 10.2 Å². The SMILES string of the molecule is CC1CCCCN1C(=O)C1CCNCC1.Cl. The highest BCUT2D eigenvalue weighted by atomic mass is 35.5. The predicted octanol–water partition coefficient (Wildman–Crippen LogP) is 1.81. The van der Waals surface area contributed by atoms with Gasteiger partial charge in [0.05, 0.1) is 0 Å². The maximum absolute atomic E-state index is 12.3. The van der Waals surface area contributed by atoms with Crippen LogP contribution >= 0.6 is 12.4 Å². The zero-order chi connectivity index (χ0) is 10.7. The molecule has 2 aliphatic heterocycles. The fourth-order valence-electron chi connectivity index (χ4n) is 2.73. The van der Waals surface area contributed by atoms with Gasteiger partial charge in [0, 0.05) is 18.5 Å². The fraction of sp³-hybridized carbons (Fsp3) is 0.917. The third-order valence-corrected chi connectivity index (χ3v) is 3.77. The van der Waals surface area contributed by atoms with E-state index in [9.17, 15) is 4.79 Å². The van der Waals surface area contributed by atoms with E-state index in [4.69, 9.17) is 0 Å². The van der Waals surface area contributed by atoms with Gasteiger partial charge in [0.15, 0.2) is 0 Å². The summed E-state index contributed by atoms with van der Waals surface area (Å²) in [5.74, 6) is 0.718. The largest absolute Gasteiger partial charge is 0.340 e. The second kappa shape index (κ2) is 6.45. The zero-order valence-electron chi connectivity index (χ0n) is 10.1. The summed E-state index contributed by atoms with van der Waals surface area (Å²) in [6.45, 7) is 5.21. The Balaban J connectivity index is 0.00000128. The molecule has 0 bridgehead atoms. The number of piperidine rings is 2. The summed E-state index contributed by atoms with van der Waals surface area (Å²) in [5, 5.41) is 3.31. The van der Waals surface area contributed by atoms with Gasteiger partial charge in [-0.3, -0.25) is 4.79 Å². The number of nitrogens with one attached hydrogen (secondary N) is 1. The van der Waals surface area contributed by atoms with Gasteiger partial charge in [-0.1, -0.05) is 0 Å². The molecule has 2 aliphatic rings. The molecule has 0 spiro atoms. The van der Waals surface area contributed by atoms with E-state index in [0.717, 1.165) is 32.5 Å². The van der Waals surface area contributed by atoms with Crippen LogP contribution in [-0.2, 0) is 4.79 Å². The molecule has 16 heavy (non-hydrogen) atoms. The second-order valence-corrected chi connectivity index (χ2v) is 4.90. The van der Waals surface area contributed by atoms with Gasteiger partial charge in [-0.05, 0) is 52.1 Å². The molecule has 1 unspecified atom stereocenters. The molecule has 1 atom stereocenters. The molecule has 0 saturated carbocycles. The van der Waals surface area contributed by atoms with Gasteiger partial charge in [0.2, 0.25) is 5.91 Å². The molecular weight excluding hydrogens is 224 g/mol. The summed E-state index contributed by atoms with van der Waals surface area (Å²) in [5.41, 5.74) is 0. The first-order chi connectivity index (χ1) is 7.29. The van der Waals surface area contributed by atoms with Crippen LogP contribution < -0.4 is 5.32 Å². The lowest BCUT2D eigenvalue weighted by Crippen LogP contribution is -2.47. The third kappa shape index (κ3) is 3.11. The number of likely N-dealkylation sites (tertiary alicyclic amines) is 1. The Morgan fingerprint density at radius 3 is 2.50 bits per heavy atom. The van der Waals surface area contributed by atoms with Crippen LogP contribution in [0.3, 0.4) is 0 Å². The Kier molecular flexibility index (Phi) is 5.56. The zero-order valence-corrected chi connectivity index (χ0v) is 10.9. The summed E-state index contributed by atoms with van der Waals surface area (Å²) in [4.78, 5) is 14.4. The van der Waals surface area contributed by atoms with E-state index in [1.54, 1.807) is 0 Å². The van der Waals surface area contributed by atoms with Gasteiger partial charge in [0.25, 0.3) is 0 Å². The number of halogens is 1. The van der Waals surface area contributed by atoms with E-state index in [1.165, 1.54) is 19.3 Å². The van der Waals surface area contributed by atoms with Crippen LogP contribution in [0.2, 0.25) is 0 Å². The van der Waals surface area contributed by atoms with Crippen LogP contribution in [0.25, 0.3) is 0 Å². The molecule has 3 nitrogen and oxygen atoms in total. The first-order valence-corrected chi connectivity index (χ1v) is 6.30. The molecule has 0 aromatic heterocycles. The normalized spacial score (nSPS) is 27.3. The lowest BCUT2D eigenvalue weighted by molar-refractivity contribution is -0.139. The van der Waals surface area contributed by atoms with Crippen LogP contribution in [0, 0.1) is 5.92 Å². The molecule has 0 aromatic rings. The van der Waals surface area contributed by atoms with Crippen molar-refractivity contribution in [2.45, 2.75) is 45.1 Å². The van der Waals surface area contributed by atoms with Crippen molar-refractivity contribution in [3.05, 3.63) is 0 Å². The summed E-state index contributed by atoms with van der Waals surface area (Å²) in [6.07, 6.45) is 5.74. The quantitative estimate of drug-likeness (QED) is 0.766. The maximum atomic E-state index is 12.3. The fourth-order valence-corrected chi connectivity index (χ4v) is 2.73. The molecule has 2 saturated heterocycles. The Labute approximate surface area is 104 Å². The second-order valence-electron chi connectivity index (χ2n) is 4.90. The lowest BCUT2D eigenvalue weighted by atomic mass is 9.94. The van der Waals surface area contributed by atoms with Crippen molar-refractivity contribution >= 4 is 18.3 Å². The van der Waals surface area contributed by atoms with Gasteiger partial charge < -0.3 is 10.2 Å². The van der Waals surface area contributed by atoms with E-state index >= 15 is 0 Å². The first kappa shape index (κ1) is 13.8. The van der Waals surface area contributed by atoms with Crippen molar-refractivity contribution in [1.29, 1.82) is 0 Å². The van der Waals surface area contributed by atoms with Gasteiger partial charge in [-0.15, -0.1) is 12.4 Å². The Morgan fingerprint density at radius 1 is 1.19 bits per heavy atom. The number of carbonyl (C=O) groups is 1. The molecule has 4 heteroatoms. The Bertz CT molecular complexity index is 229. The average Bonchev–Trinajstić information content (AvgIpc) is 2.30. The van der Waals surface area contributed by atoms with Crippen LogP contribution in [0.5, 0.6) is 0 Å². The number of hydrogen-bond acceptors (Lipinski definition) is 2. The van der Waals surface area contributed by atoms with Crippen LogP contribution in [0.15, 0.2) is 0 Å². The molecule has 94 valence electrons. The Morgan fingerprint density at radius 2 is 1.88 bits per heavy atom. The molecule has 2 rings (SSSR count). The molecule has 0 aliphatic carbocycles. The van der Waals surface area contributed by atoms with Crippen molar-refractivity contribution in [3.63, 3.8) is 0 Å². The minimum Gasteiger partial charge on any atom is -0.340 e. The highest BCUT2D eigenvalue weighted by molar-refractivity contribution is 5.85. The topological polar surface area (TPSA) is 32.3 Å². The molecule has 0 radical (unpaired) electrons.